The lowest BCUT2D eigenvalue weighted by Gasteiger charge is -2.37. The van der Waals surface area contributed by atoms with Crippen molar-refractivity contribution >= 4 is 35.1 Å². The number of allylic oxidation sites excluding steroid dienone is 1. The molecule has 0 saturated carbocycles. The number of aliphatic hydroxyl groups excluding tert-OH is 1. The fraction of sp³-hybridized carbons (Fsp3) is 0.611. The molecule has 2 N–H and O–H groups in total. The number of nitrogens with zero attached hydrogens (tertiary/aromatic N) is 3. The molecule has 47 heavy (non-hydrogen) atoms. The highest BCUT2D eigenvalue weighted by Gasteiger charge is 2.75. The maximum absolute atomic E-state index is 14.7. The third-order valence-corrected chi connectivity index (χ3v) is 9.71. The Bertz CT molecular complexity index is 1280. The van der Waals surface area contributed by atoms with Crippen LogP contribution in [-0.2, 0) is 28.7 Å². The predicted octanol–water partition coefficient (Wildman–Crippen LogP) is 3.60. The van der Waals surface area contributed by atoms with E-state index in [2.05, 4.69) is 37.2 Å². The van der Waals surface area contributed by atoms with Crippen LogP contribution in [0, 0.1) is 11.8 Å². The first-order chi connectivity index (χ1) is 22.7. The molecule has 0 radical (unpaired) electrons. The molecule has 3 fully saturated rings. The summed E-state index contributed by atoms with van der Waals surface area (Å²) >= 11 is 0. The lowest BCUT2D eigenvalue weighted by atomic mass is 9.70. The number of benzene rings is 1. The number of unbranched alkanes of at least 4 members (excludes halogenated alkanes) is 2. The Balaban J connectivity index is 1.60. The SMILES string of the molecule is C=CCCC(=O)NC[C@@H](C)OC(=O)[C@@H]1[C@@H]2CC[C@]3(O2)[C@H](C(=O)N(CC=C)c2ccc(N(CC)CC)cc2)N(CCCCCO)C(=O)[C@@H]13. The monoisotopic (exact) mass is 652 g/mol. The summed E-state index contributed by atoms with van der Waals surface area (Å²) in [5.74, 6) is -2.97. The van der Waals surface area contributed by atoms with Crippen molar-refractivity contribution < 1.29 is 33.8 Å². The number of hydrogen-bond acceptors (Lipinski definition) is 8. The second kappa shape index (κ2) is 16.4. The van der Waals surface area contributed by atoms with Crippen molar-refractivity contribution in [2.45, 2.75) is 89.6 Å². The van der Waals surface area contributed by atoms with Gasteiger partial charge in [-0.25, -0.2) is 0 Å². The number of carbonyl (C=O) groups excluding carboxylic acids is 4. The van der Waals surface area contributed by atoms with Crippen molar-refractivity contribution in [3.8, 4) is 0 Å². The lowest BCUT2D eigenvalue weighted by Crippen LogP contribution is -2.56. The first kappa shape index (κ1) is 36.1. The Labute approximate surface area is 278 Å². The number of amides is 3. The van der Waals surface area contributed by atoms with Crippen LogP contribution >= 0.6 is 0 Å². The third kappa shape index (κ3) is 7.56. The number of aliphatic hydroxyl groups is 1. The molecule has 0 unspecified atom stereocenters. The largest absolute Gasteiger partial charge is 0.460 e. The highest BCUT2D eigenvalue weighted by molar-refractivity contribution is 6.04. The van der Waals surface area contributed by atoms with Crippen molar-refractivity contribution in [2.24, 2.45) is 11.8 Å². The number of likely N-dealkylation sites (tertiary alicyclic amines) is 1. The number of esters is 1. The Kier molecular flexibility index (Phi) is 12.6. The molecule has 0 aromatic heterocycles. The van der Waals surface area contributed by atoms with Gasteiger partial charge in [-0.15, -0.1) is 13.2 Å². The lowest BCUT2D eigenvalue weighted by molar-refractivity contribution is -0.159. The van der Waals surface area contributed by atoms with E-state index in [1.54, 1.807) is 28.9 Å². The van der Waals surface area contributed by atoms with Crippen molar-refractivity contribution in [3.05, 3.63) is 49.6 Å². The van der Waals surface area contributed by atoms with E-state index in [0.29, 0.717) is 57.2 Å². The molecule has 3 amide bonds. The summed E-state index contributed by atoms with van der Waals surface area (Å²) in [6.07, 6.45) is 5.90. The second-order valence-corrected chi connectivity index (χ2v) is 12.7. The van der Waals surface area contributed by atoms with Crippen LogP contribution in [0.1, 0.15) is 65.7 Å². The third-order valence-electron chi connectivity index (χ3n) is 9.71. The zero-order chi connectivity index (χ0) is 34.1. The molecular formula is C36H52N4O7. The van der Waals surface area contributed by atoms with E-state index >= 15 is 0 Å². The van der Waals surface area contributed by atoms with E-state index in [1.165, 1.54) is 0 Å². The summed E-state index contributed by atoms with van der Waals surface area (Å²) in [6.45, 7) is 15.9. The van der Waals surface area contributed by atoms with Gasteiger partial charge in [0.15, 0.2) is 0 Å². The zero-order valence-corrected chi connectivity index (χ0v) is 28.2. The molecule has 3 saturated heterocycles. The molecule has 0 aliphatic carbocycles. The minimum atomic E-state index is -1.16. The molecule has 258 valence electrons. The smallest absolute Gasteiger partial charge is 0.312 e. The molecule has 3 heterocycles. The van der Waals surface area contributed by atoms with Crippen LogP contribution in [0.15, 0.2) is 49.6 Å². The average Bonchev–Trinajstić information content (AvgIpc) is 3.71. The van der Waals surface area contributed by atoms with Gasteiger partial charge in [-0.3, -0.25) is 19.2 Å². The summed E-state index contributed by atoms with van der Waals surface area (Å²) in [6, 6.07) is 6.88. The normalized spacial score (nSPS) is 24.9. The highest BCUT2D eigenvalue weighted by atomic mass is 16.6. The van der Waals surface area contributed by atoms with Gasteiger partial charge in [0.25, 0.3) is 5.91 Å². The maximum Gasteiger partial charge on any atom is 0.312 e. The number of carbonyl (C=O) groups is 4. The molecule has 2 bridgehead atoms. The van der Waals surface area contributed by atoms with Crippen molar-refractivity contribution in [1.29, 1.82) is 0 Å². The van der Waals surface area contributed by atoms with E-state index in [9.17, 15) is 24.3 Å². The van der Waals surface area contributed by atoms with Gasteiger partial charge in [0.2, 0.25) is 11.8 Å². The van der Waals surface area contributed by atoms with Gasteiger partial charge in [0.05, 0.1) is 24.5 Å². The van der Waals surface area contributed by atoms with E-state index in [1.807, 2.05) is 24.3 Å². The first-order valence-corrected chi connectivity index (χ1v) is 17.1. The molecular weight excluding hydrogens is 600 g/mol. The van der Waals surface area contributed by atoms with Crippen LogP contribution in [0.3, 0.4) is 0 Å². The molecule has 4 rings (SSSR count). The molecule has 3 aliphatic heterocycles. The van der Waals surface area contributed by atoms with Crippen molar-refractivity contribution in [2.75, 3.05) is 49.1 Å². The van der Waals surface area contributed by atoms with Crippen LogP contribution in [0.5, 0.6) is 0 Å². The summed E-state index contributed by atoms with van der Waals surface area (Å²) in [5.41, 5.74) is 0.572. The van der Waals surface area contributed by atoms with E-state index in [-0.39, 0.29) is 37.4 Å². The first-order valence-electron chi connectivity index (χ1n) is 17.1. The summed E-state index contributed by atoms with van der Waals surface area (Å²) in [5, 5.41) is 12.1. The molecule has 3 aliphatic rings. The van der Waals surface area contributed by atoms with Crippen LogP contribution in [0.25, 0.3) is 0 Å². The van der Waals surface area contributed by atoms with Crippen LogP contribution in [0.2, 0.25) is 0 Å². The Morgan fingerprint density at radius 1 is 1.13 bits per heavy atom. The Hall–Kier alpha value is -3.70. The molecule has 1 spiro atoms. The van der Waals surface area contributed by atoms with Gasteiger partial charge in [-0.1, -0.05) is 12.2 Å². The predicted molar refractivity (Wildman–Crippen MR) is 181 cm³/mol. The number of nitrogens with one attached hydrogen (secondary N) is 1. The molecule has 11 heteroatoms. The van der Waals surface area contributed by atoms with Crippen LogP contribution < -0.4 is 15.1 Å². The fourth-order valence-corrected chi connectivity index (χ4v) is 7.44. The molecule has 1 aromatic rings. The zero-order valence-electron chi connectivity index (χ0n) is 28.2. The average molecular weight is 653 g/mol. The number of fused-ring (bicyclic) bond motifs is 1. The Morgan fingerprint density at radius 3 is 2.47 bits per heavy atom. The number of ether oxygens (including phenoxy) is 2. The number of hydrogen-bond donors (Lipinski definition) is 2. The van der Waals surface area contributed by atoms with Gasteiger partial charge in [-0.2, -0.15) is 0 Å². The summed E-state index contributed by atoms with van der Waals surface area (Å²) in [4.78, 5) is 60.2. The van der Waals surface area contributed by atoms with Crippen molar-refractivity contribution in [3.63, 3.8) is 0 Å². The van der Waals surface area contributed by atoms with Gasteiger partial charge in [0.1, 0.15) is 17.7 Å². The van der Waals surface area contributed by atoms with E-state index < -0.39 is 41.7 Å². The topological polar surface area (TPSA) is 129 Å². The van der Waals surface area contributed by atoms with Crippen molar-refractivity contribution in [1.82, 2.24) is 10.2 Å². The molecule has 6 atom stereocenters. The number of rotatable bonds is 19. The van der Waals surface area contributed by atoms with Gasteiger partial charge in [-0.05, 0) is 83.6 Å². The maximum atomic E-state index is 14.7. The van der Waals surface area contributed by atoms with Gasteiger partial charge < -0.3 is 34.6 Å². The number of anilines is 2. The van der Waals surface area contributed by atoms with E-state index in [0.717, 1.165) is 18.8 Å². The summed E-state index contributed by atoms with van der Waals surface area (Å²) < 4.78 is 12.4. The van der Waals surface area contributed by atoms with Gasteiger partial charge >= 0.3 is 5.97 Å². The Morgan fingerprint density at radius 2 is 1.83 bits per heavy atom. The quantitative estimate of drug-likeness (QED) is 0.132. The molecule has 11 nitrogen and oxygen atoms in total. The van der Waals surface area contributed by atoms with Gasteiger partial charge in [0, 0.05) is 50.6 Å². The fourth-order valence-electron chi connectivity index (χ4n) is 7.44. The minimum Gasteiger partial charge on any atom is -0.460 e. The minimum absolute atomic E-state index is 0.0467. The molecule has 1 aromatic carbocycles. The van der Waals surface area contributed by atoms with E-state index in [4.69, 9.17) is 9.47 Å². The highest BCUT2D eigenvalue weighted by Crippen LogP contribution is 2.59. The second-order valence-electron chi connectivity index (χ2n) is 12.7. The summed E-state index contributed by atoms with van der Waals surface area (Å²) in [7, 11) is 0. The van der Waals surface area contributed by atoms with Crippen LogP contribution in [0.4, 0.5) is 11.4 Å². The van der Waals surface area contributed by atoms with Crippen LogP contribution in [-0.4, -0.2) is 96.9 Å². The standard InChI is InChI=1S/C36H52N4O7/c1-6-10-14-29(42)37-24-25(5)46-35(45)30-28-19-20-36(47-28)31(30)33(43)40(22-12-11-13-23-41)32(36)34(44)39(21-7-2)27-17-15-26(16-18-27)38(8-3)9-4/h6-7,15-18,25,28,30-32,41H,1-2,8-14,19-24H2,3-5H3,(H,37,42)/t25-,28+,30-,31-,32+,36-/m1/s1.